The van der Waals surface area contributed by atoms with E-state index in [4.69, 9.17) is 5.73 Å². The van der Waals surface area contributed by atoms with Gasteiger partial charge in [-0.1, -0.05) is 0 Å². The second-order valence-corrected chi connectivity index (χ2v) is 5.55. The molecule has 19 heavy (non-hydrogen) atoms. The molecule has 3 N–H and O–H groups in total. The van der Waals surface area contributed by atoms with Crippen LogP contribution < -0.4 is 10.5 Å². The van der Waals surface area contributed by atoms with Gasteiger partial charge in [0.2, 0.25) is 10.0 Å². The molecule has 2 heterocycles. The van der Waals surface area contributed by atoms with Gasteiger partial charge >= 0.3 is 0 Å². The van der Waals surface area contributed by atoms with E-state index in [2.05, 4.69) is 14.8 Å². The molecule has 0 aliphatic heterocycles. The first-order valence-corrected chi connectivity index (χ1v) is 7.23. The molecule has 0 amide bonds. The summed E-state index contributed by atoms with van der Waals surface area (Å²) in [5.41, 5.74) is 5.84. The van der Waals surface area contributed by atoms with Crippen LogP contribution in [-0.2, 0) is 23.1 Å². The van der Waals surface area contributed by atoms with Gasteiger partial charge in [-0.25, -0.2) is 13.1 Å². The number of rotatable bonds is 6. The Morgan fingerprint density at radius 3 is 2.84 bits per heavy atom. The molecule has 7 nitrogen and oxygen atoms in total. The SMILES string of the molecule is NCc1ncccc1S(=O)(=O)NCCn1cccn1. The number of hydrogen-bond acceptors (Lipinski definition) is 5. The highest BCUT2D eigenvalue weighted by Crippen LogP contribution is 2.11. The Labute approximate surface area is 111 Å². The van der Waals surface area contributed by atoms with Crippen LogP contribution in [0.1, 0.15) is 5.69 Å². The van der Waals surface area contributed by atoms with Gasteiger partial charge in [0.05, 0.1) is 12.2 Å². The molecule has 0 atom stereocenters. The van der Waals surface area contributed by atoms with Crippen molar-refractivity contribution in [2.24, 2.45) is 5.73 Å². The highest BCUT2D eigenvalue weighted by atomic mass is 32.2. The lowest BCUT2D eigenvalue weighted by atomic mass is 10.3. The van der Waals surface area contributed by atoms with E-state index in [-0.39, 0.29) is 18.0 Å². The Balaban J connectivity index is 2.05. The van der Waals surface area contributed by atoms with Crippen LogP contribution in [0.5, 0.6) is 0 Å². The minimum atomic E-state index is -3.59. The Kier molecular flexibility index (Phi) is 4.25. The van der Waals surface area contributed by atoms with Crippen LogP contribution in [0.25, 0.3) is 0 Å². The summed E-state index contributed by atoms with van der Waals surface area (Å²) in [5.74, 6) is 0. The molecule has 2 aromatic rings. The van der Waals surface area contributed by atoms with Gasteiger partial charge in [-0.05, 0) is 18.2 Å². The minimum Gasteiger partial charge on any atom is -0.325 e. The van der Waals surface area contributed by atoms with Gasteiger partial charge in [0.1, 0.15) is 4.90 Å². The fourth-order valence-electron chi connectivity index (χ4n) is 1.63. The number of aromatic nitrogens is 3. The van der Waals surface area contributed by atoms with E-state index >= 15 is 0 Å². The minimum absolute atomic E-state index is 0.0796. The summed E-state index contributed by atoms with van der Waals surface area (Å²) in [4.78, 5) is 4.08. The van der Waals surface area contributed by atoms with E-state index in [9.17, 15) is 8.42 Å². The average molecular weight is 281 g/mol. The number of hydrogen-bond donors (Lipinski definition) is 2. The first-order valence-electron chi connectivity index (χ1n) is 5.74. The van der Waals surface area contributed by atoms with Crippen LogP contribution in [-0.4, -0.2) is 29.7 Å². The monoisotopic (exact) mass is 281 g/mol. The summed E-state index contributed by atoms with van der Waals surface area (Å²) < 4.78 is 28.4. The maximum absolute atomic E-state index is 12.1. The molecule has 0 aliphatic rings. The van der Waals surface area contributed by atoms with Crippen molar-refractivity contribution in [2.45, 2.75) is 18.0 Å². The van der Waals surface area contributed by atoms with Crippen LogP contribution in [0.15, 0.2) is 41.7 Å². The summed E-state index contributed by atoms with van der Waals surface area (Å²) >= 11 is 0. The molecule has 102 valence electrons. The van der Waals surface area contributed by atoms with Crippen molar-refractivity contribution in [1.29, 1.82) is 0 Å². The van der Waals surface area contributed by atoms with E-state index in [1.165, 1.54) is 12.3 Å². The van der Waals surface area contributed by atoms with Crippen LogP contribution in [0.3, 0.4) is 0 Å². The van der Waals surface area contributed by atoms with Crippen LogP contribution in [0, 0.1) is 0 Å². The van der Waals surface area contributed by atoms with E-state index in [1.54, 1.807) is 29.2 Å². The summed E-state index contributed by atoms with van der Waals surface area (Å²) in [6.45, 7) is 0.795. The van der Waals surface area contributed by atoms with Gasteiger partial charge in [-0.3, -0.25) is 9.67 Å². The van der Waals surface area contributed by atoms with Crippen molar-refractivity contribution in [3.8, 4) is 0 Å². The van der Waals surface area contributed by atoms with Crippen molar-refractivity contribution < 1.29 is 8.42 Å². The zero-order chi connectivity index (χ0) is 13.7. The smallest absolute Gasteiger partial charge is 0.242 e. The van der Waals surface area contributed by atoms with Gasteiger partial charge < -0.3 is 5.73 Å². The topological polar surface area (TPSA) is 103 Å². The summed E-state index contributed by atoms with van der Waals surface area (Å²) in [6, 6.07) is 4.84. The number of nitrogens with two attached hydrogens (primary N) is 1. The third-order valence-corrected chi connectivity index (χ3v) is 4.06. The highest BCUT2D eigenvalue weighted by molar-refractivity contribution is 7.89. The normalized spacial score (nSPS) is 11.6. The second-order valence-electron chi connectivity index (χ2n) is 3.82. The van der Waals surface area contributed by atoms with Gasteiger partial charge in [-0.2, -0.15) is 5.10 Å². The van der Waals surface area contributed by atoms with E-state index in [1.807, 2.05) is 0 Å². The number of nitrogens with one attached hydrogen (secondary N) is 1. The number of nitrogens with zero attached hydrogens (tertiary/aromatic N) is 3. The maximum Gasteiger partial charge on any atom is 0.242 e. The summed E-state index contributed by atoms with van der Waals surface area (Å²) in [6.07, 6.45) is 4.93. The molecule has 0 aliphatic carbocycles. The van der Waals surface area contributed by atoms with E-state index in [0.29, 0.717) is 12.2 Å². The quantitative estimate of drug-likeness (QED) is 0.757. The standard InChI is InChI=1S/C11H15N5O2S/c12-9-10-11(3-1-4-13-10)19(17,18)15-6-8-16-7-2-5-14-16/h1-5,7,15H,6,8-9,12H2. The molecule has 0 fully saturated rings. The molecule has 8 heteroatoms. The van der Waals surface area contributed by atoms with Gasteiger partial charge in [0.25, 0.3) is 0 Å². The summed E-state index contributed by atoms with van der Waals surface area (Å²) in [5, 5.41) is 3.99. The zero-order valence-corrected chi connectivity index (χ0v) is 11.0. The lowest BCUT2D eigenvalue weighted by Crippen LogP contribution is -2.29. The van der Waals surface area contributed by atoms with Crippen molar-refractivity contribution in [3.63, 3.8) is 0 Å². The predicted octanol–water partition coefficient (Wildman–Crippen LogP) is -0.285. The second kappa shape index (κ2) is 5.91. The molecular formula is C11H15N5O2S. The van der Waals surface area contributed by atoms with Crippen LogP contribution in [0.2, 0.25) is 0 Å². The molecular weight excluding hydrogens is 266 g/mol. The molecule has 0 unspecified atom stereocenters. The van der Waals surface area contributed by atoms with Crippen LogP contribution in [0.4, 0.5) is 0 Å². The molecule has 0 saturated carbocycles. The number of sulfonamides is 1. The van der Waals surface area contributed by atoms with Crippen molar-refractivity contribution in [2.75, 3.05) is 6.54 Å². The molecule has 2 rings (SSSR count). The predicted molar refractivity (Wildman–Crippen MR) is 69.5 cm³/mol. The fraction of sp³-hybridized carbons (Fsp3) is 0.273. The molecule has 0 aromatic carbocycles. The molecule has 0 radical (unpaired) electrons. The Hall–Kier alpha value is -1.77. The molecule has 0 bridgehead atoms. The van der Waals surface area contributed by atoms with Crippen LogP contribution >= 0.6 is 0 Å². The fourth-order valence-corrected chi connectivity index (χ4v) is 2.85. The summed E-state index contributed by atoms with van der Waals surface area (Å²) in [7, 11) is -3.59. The van der Waals surface area contributed by atoms with Gasteiger partial charge in [0.15, 0.2) is 0 Å². The molecule has 0 saturated heterocycles. The largest absolute Gasteiger partial charge is 0.325 e. The maximum atomic E-state index is 12.1. The first-order chi connectivity index (χ1) is 9.13. The lowest BCUT2D eigenvalue weighted by molar-refractivity contribution is 0.559. The third-order valence-electron chi connectivity index (χ3n) is 2.52. The first kappa shape index (κ1) is 13.7. The molecule has 0 spiro atoms. The molecule has 2 aromatic heterocycles. The Bertz CT molecular complexity index is 624. The number of pyridine rings is 1. The third kappa shape index (κ3) is 3.37. The van der Waals surface area contributed by atoms with E-state index in [0.717, 1.165) is 0 Å². The average Bonchev–Trinajstić information content (AvgIpc) is 2.91. The van der Waals surface area contributed by atoms with Crippen molar-refractivity contribution in [3.05, 3.63) is 42.5 Å². The van der Waals surface area contributed by atoms with Gasteiger partial charge in [-0.15, -0.1) is 0 Å². The lowest BCUT2D eigenvalue weighted by Gasteiger charge is -2.09. The van der Waals surface area contributed by atoms with Crippen molar-refractivity contribution in [1.82, 2.24) is 19.5 Å². The Morgan fingerprint density at radius 1 is 1.32 bits per heavy atom. The van der Waals surface area contributed by atoms with Gasteiger partial charge in [0, 0.05) is 31.7 Å². The highest BCUT2D eigenvalue weighted by Gasteiger charge is 2.17. The van der Waals surface area contributed by atoms with Crippen molar-refractivity contribution >= 4 is 10.0 Å². The Morgan fingerprint density at radius 2 is 2.16 bits per heavy atom. The van der Waals surface area contributed by atoms with E-state index < -0.39 is 10.0 Å². The zero-order valence-electron chi connectivity index (χ0n) is 10.2.